The maximum absolute atomic E-state index is 13.2. The number of hydrogen-bond donors (Lipinski definition) is 3. The topological polar surface area (TPSA) is 70.2 Å². The van der Waals surface area contributed by atoms with Gasteiger partial charge in [0.15, 0.2) is 0 Å². The monoisotopic (exact) mass is 355 g/mol. The Morgan fingerprint density at radius 3 is 2.58 bits per heavy atom. The molecule has 2 aromatic carbocycles. The van der Waals surface area contributed by atoms with Crippen LogP contribution < -0.4 is 16.0 Å². The standard InChI is InChI=1S/C20H22FN3O2/c21-16-4-2-6-18(12-16)24-20(26)15-3-1-5-17(11-15)23-19(25)8-7-14-9-10-22-13-14/h1-6,11-12,14,22H,7-10,13H2,(H,23,25)(H,24,26). The molecule has 1 fully saturated rings. The fourth-order valence-corrected chi connectivity index (χ4v) is 3.03. The molecule has 0 bridgehead atoms. The summed E-state index contributed by atoms with van der Waals surface area (Å²) in [6.45, 7) is 2.00. The lowest BCUT2D eigenvalue weighted by Gasteiger charge is -2.10. The first-order valence-electron chi connectivity index (χ1n) is 8.78. The van der Waals surface area contributed by atoms with E-state index in [4.69, 9.17) is 0 Å². The van der Waals surface area contributed by atoms with Gasteiger partial charge in [0.25, 0.3) is 5.91 Å². The molecular formula is C20H22FN3O2. The van der Waals surface area contributed by atoms with Crippen LogP contribution in [0.2, 0.25) is 0 Å². The van der Waals surface area contributed by atoms with E-state index < -0.39 is 5.82 Å². The van der Waals surface area contributed by atoms with Crippen molar-refractivity contribution in [1.29, 1.82) is 0 Å². The minimum absolute atomic E-state index is 0.0559. The molecule has 6 heteroatoms. The van der Waals surface area contributed by atoms with E-state index in [9.17, 15) is 14.0 Å². The first kappa shape index (κ1) is 18.1. The number of carbonyl (C=O) groups is 2. The smallest absolute Gasteiger partial charge is 0.255 e. The molecule has 5 nitrogen and oxygen atoms in total. The molecule has 2 aromatic rings. The van der Waals surface area contributed by atoms with Crippen LogP contribution in [-0.2, 0) is 4.79 Å². The summed E-state index contributed by atoms with van der Waals surface area (Å²) in [5.41, 5.74) is 1.35. The second-order valence-electron chi connectivity index (χ2n) is 6.49. The zero-order valence-electron chi connectivity index (χ0n) is 14.4. The molecule has 1 aliphatic heterocycles. The molecule has 26 heavy (non-hydrogen) atoms. The molecule has 0 saturated carbocycles. The molecule has 3 N–H and O–H groups in total. The Kier molecular flexibility index (Phi) is 5.96. The van der Waals surface area contributed by atoms with Gasteiger partial charge in [0.2, 0.25) is 5.91 Å². The van der Waals surface area contributed by atoms with Gasteiger partial charge in [-0.3, -0.25) is 9.59 Å². The van der Waals surface area contributed by atoms with E-state index in [1.165, 1.54) is 18.2 Å². The number of benzene rings is 2. The largest absolute Gasteiger partial charge is 0.326 e. The van der Waals surface area contributed by atoms with Crippen molar-refractivity contribution in [1.82, 2.24) is 5.32 Å². The van der Waals surface area contributed by atoms with E-state index >= 15 is 0 Å². The molecule has 136 valence electrons. The Bertz CT molecular complexity index is 788. The molecule has 1 unspecified atom stereocenters. The molecule has 1 saturated heterocycles. The van der Waals surface area contributed by atoms with Gasteiger partial charge in [-0.2, -0.15) is 0 Å². The van der Waals surface area contributed by atoms with Crippen molar-refractivity contribution in [2.75, 3.05) is 23.7 Å². The number of halogens is 1. The summed E-state index contributed by atoms with van der Waals surface area (Å²) in [6.07, 6.45) is 2.44. The summed E-state index contributed by atoms with van der Waals surface area (Å²) in [6, 6.07) is 12.4. The molecule has 0 aromatic heterocycles. The summed E-state index contributed by atoms with van der Waals surface area (Å²) >= 11 is 0. The molecule has 1 atom stereocenters. The van der Waals surface area contributed by atoms with E-state index in [2.05, 4.69) is 16.0 Å². The van der Waals surface area contributed by atoms with Gasteiger partial charge in [0, 0.05) is 23.4 Å². The maximum atomic E-state index is 13.2. The van der Waals surface area contributed by atoms with E-state index in [0.29, 0.717) is 29.3 Å². The van der Waals surface area contributed by atoms with Crippen LogP contribution in [0.15, 0.2) is 48.5 Å². The van der Waals surface area contributed by atoms with Gasteiger partial charge in [-0.05, 0) is 68.2 Å². The normalized spacial score (nSPS) is 16.3. The van der Waals surface area contributed by atoms with Crippen LogP contribution in [0.5, 0.6) is 0 Å². The Balaban J connectivity index is 1.56. The Labute approximate surface area is 152 Å². The predicted molar refractivity (Wildman–Crippen MR) is 99.6 cm³/mol. The highest BCUT2D eigenvalue weighted by molar-refractivity contribution is 6.05. The van der Waals surface area contributed by atoms with Gasteiger partial charge < -0.3 is 16.0 Å². The lowest BCUT2D eigenvalue weighted by Crippen LogP contribution is -2.16. The first-order valence-corrected chi connectivity index (χ1v) is 8.78. The highest BCUT2D eigenvalue weighted by Crippen LogP contribution is 2.17. The van der Waals surface area contributed by atoms with Crippen LogP contribution in [0.1, 0.15) is 29.6 Å². The molecule has 0 spiro atoms. The molecule has 1 heterocycles. The SMILES string of the molecule is O=C(CCC1CCNC1)Nc1cccc(C(=O)Nc2cccc(F)c2)c1. The highest BCUT2D eigenvalue weighted by atomic mass is 19.1. The average molecular weight is 355 g/mol. The fourth-order valence-electron chi connectivity index (χ4n) is 3.03. The Hall–Kier alpha value is -2.73. The van der Waals surface area contributed by atoms with Gasteiger partial charge in [-0.15, -0.1) is 0 Å². The number of rotatable bonds is 6. The molecule has 2 amide bonds. The van der Waals surface area contributed by atoms with Crippen LogP contribution in [-0.4, -0.2) is 24.9 Å². The van der Waals surface area contributed by atoms with Gasteiger partial charge in [0.05, 0.1) is 0 Å². The highest BCUT2D eigenvalue weighted by Gasteiger charge is 2.16. The van der Waals surface area contributed by atoms with Crippen molar-refractivity contribution in [3.05, 3.63) is 59.9 Å². The number of amides is 2. The molecule has 0 aliphatic carbocycles. The Morgan fingerprint density at radius 2 is 1.85 bits per heavy atom. The minimum atomic E-state index is -0.415. The lowest BCUT2D eigenvalue weighted by molar-refractivity contribution is -0.116. The van der Waals surface area contributed by atoms with Crippen molar-refractivity contribution in [2.24, 2.45) is 5.92 Å². The van der Waals surface area contributed by atoms with Gasteiger partial charge >= 0.3 is 0 Å². The maximum Gasteiger partial charge on any atom is 0.255 e. The summed E-state index contributed by atoms with van der Waals surface area (Å²) in [5, 5.41) is 8.77. The molecule has 0 radical (unpaired) electrons. The van der Waals surface area contributed by atoms with Gasteiger partial charge in [-0.1, -0.05) is 12.1 Å². The van der Waals surface area contributed by atoms with Crippen LogP contribution >= 0.6 is 0 Å². The van der Waals surface area contributed by atoms with E-state index in [1.807, 2.05) is 0 Å². The van der Waals surface area contributed by atoms with Crippen molar-refractivity contribution < 1.29 is 14.0 Å². The Morgan fingerprint density at radius 1 is 1.08 bits per heavy atom. The zero-order chi connectivity index (χ0) is 18.4. The molecule has 3 rings (SSSR count). The third kappa shape index (κ3) is 5.13. The second-order valence-corrected chi connectivity index (χ2v) is 6.49. The zero-order valence-corrected chi connectivity index (χ0v) is 14.4. The molecule has 1 aliphatic rings. The fraction of sp³-hybridized carbons (Fsp3) is 0.300. The van der Waals surface area contributed by atoms with Crippen LogP contribution in [0.3, 0.4) is 0 Å². The van der Waals surface area contributed by atoms with Crippen molar-refractivity contribution in [2.45, 2.75) is 19.3 Å². The summed E-state index contributed by atoms with van der Waals surface area (Å²) in [5.74, 6) is -0.270. The first-order chi connectivity index (χ1) is 12.6. The summed E-state index contributed by atoms with van der Waals surface area (Å²) in [7, 11) is 0. The van der Waals surface area contributed by atoms with Crippen molar-refractivity contribution >= 4 is 23.2 Å². The predicted octanol–water partition coefficient (Wildman–Crippen LogP) is 3.41. The average Bonchev–Trinajstić information content (AvgIpc) is 3.14. The summed E-state index contributed by atoms with van der Waals surface area (Å²) < 4.78 is 13.2. The van der Waals surface area contributed by atoms with Crippen molar-refractivity contribution in [3.8, 4) is 0 Å². The van der Waals surface area contributed by atoms with Crippen molar-refractivity contribution in [3.63, 3.8) is 0 Å². The number of nitrogens with one attached hydrogen (secondary N) is 3. The van der Waals surface area contributed by atoms with Gasteiger partial charge in [0.1, 0.15) is 5.82 Å². The number of hydrogen-bond acceptors (Lipinski definition) is 3. The third-order valence-electron chi connectivity index (χ3n) is 4.43. The number of anilines is 2. The molecular weight excluding hydrogens is 333 g/mol. The summed E-state index contributed by atoms with van der Waals surface area (Å²) in [4.78, 5) is 24.4. The van der Waals surface area contributed by atoms with Gasteiger partial charge in [-0.25, -0.2) is 4.39 Å². The van der Waals surface area contributed by atoms with E-state index in [-0.39, 0.29) is 11.8 Å². The van der Waals surface area contributed by atoms with Crippen LogP contribution in [0, 0.1) is 11.7 Å². The van der Waals surface area contributed by atoms with Crippen LogP contribution in [0.25, 0.3) is 0 Å². The number of carbonyl (C=O) groups excluding carboxylic acids is 2. The van der Waals surface area contributed by atoms with E-state index in [1.54, 1.807) is 30.3 Å². The quantitative estimate of drug-likeness (QED) is 0.744. The minimum Gasteiger partial charge on any atom is -0.326 e. The second kappa shape index (κ2) is 8.58. The van der Waals surface area contributed by atoms with Crippen LogP contribution in [0.4, 0.5) is 15.8 Å². The third-order valence-corrected chi connectivity index (χ3v) is 4.43. The lowest BCUT2D eigenvalue weighted by atomic mass is 10.0. The van der Waals surface area contributed by atoms with E-state index in [0.717, 1.165) is 25.9 Å².